The third-order valence-corrected chi connectivity index (χ3v) is 3.05. The van der Waals surface area contributed by atoms with Gasteiger partial charge < -0.3 is 5.11 Å². The second-order valence-corrected chi connectivity index (χ2v) is 5.73. The lowest BCUT2D eigenvalue weighted by Crippen LogP contribution is -2.24. The van der Waals surface area contributed by atoms with Crippen LogP contribution < -0.4 is 0 Å². The highest BCUT2D eigenvalue weighted by molar-refractivity contribution is 5.67. The minimum atomic E-state index is -0.134. The smallest absolute Gasteiger partial charge is 0.164 e. The molecule has 0 aliphatic heterocycles. The summed E-state index contributed by atoms with van der Waals surface area (Å²) in [7, 11) is 0. The van der Waals surface area contributed by atoms with E-state index in [9.17, 15) is 5.11 Å². The van der Waals surface area contributed by atoms with Gasteiger partial charge in [-0.1, -0.05) is 29.8 Å². The number of hydrogen-bond acceptors (Lipinski definition) is 2. The Morgan fingerprint density at radius 3 is 2.06 bits per heavy atom. The molecule has 1 heterocycles. The largest absolute Gasteiger partial charge is 0.504 e. The molecule has 0 amide bonds. The van der Waals surface area contributed by atoms with Crippen LogP contribution in [0, 0.1) is 13.8 Å². The lowest BCUT2D eigenvalue weighted by Gasteiger charge is -2.20. The number of nitrogens with zero attached hydrogens (tertiary/aromatic N) is 2. The Morgan fingerprint density at radius 1 is 1.06 bits per heavy atom. The molecular weight excluding hydrogens is 224 g/mol. The van der Waals surface area contributed by atoms with Crippen molar-refractivity contribution < 1.29 is 5.11 Å². The summed E-state index contributed by atoms with van der Waals surface area (Å²) in [5.41, 5.74) is 3.47. The molecule has 18 heavy (non-hydrogen) atoms. The van der Waals surface area contributed by atoms with Gasteiger partial charge in [0.1, 0.15) is 5.69 Å². The molecule has 0 saturated carbocycles. The first-order valence-corrected chi connectivity index (χ1v) is 6.17. The average molecular weight is 244 g/mol. The monoisotopic (exact) mass is 244 g/mol. The Hall–Kier alpha value is -1.77. The van der Waals surface area contributed by atoms with Crippen molar-refractivity contribution >= 4 is 0 Å². The number of benzene rings is 1. The van der Waals surface area contributed by atoms with Crippen LogP contribution >= 0.6 is 0 Å². The maximum atomic E-state index is 10.2. The van der Waals surface area contributed by atoms with Gasteiger partial charge in [-0.3, -0.25) is 4.68 Å². The Labute approximate surface area is 108 Å². The van der Waals surface area contributed by atoms with Crippen molar-refractivity contribution in [1.82, 2.24) is 9.78 Å². The molecule has 0 unspecified atom stereocenters. The first-order chi connectivity index (χ1) is 8.30. The molecule has 1 aromatic carbocycles. The Morgan fingerprint density at radius 2 is 1.61 bits per heavy atom. The number of hydrogen-bond donors (Lipinski definition) is 1. The van der Waals surface area contributed by atoms with Crippen LogP contribution in [0.3, 0.4) is 0 Å². The summed E-state index contributed by atoms with van der Waals surface area (Å²) in [5, 5.41) is 14.8. The zero-order valence-corrected chi connectivity index (χ0v) is 11.7. The second-order valence-electron chi connectivity index (χ2n) is 5.73. The van der Waals surface area contributed by atoms with E-state index in [1.165, 1.54) is 5.56 Å². The van der Waals surface area contributed by atoms with Crippen molar-refractivity contribution in [3.05, 3.63) is 35.5 Å². The lowest BCUT2D eigenvalue weighted by molar-refractivity contribution is 0.345. The van der Waals surface area contributed by atoms with Gasteiger partial charge in [-0.2, -0.15) is 5.10 Å². The normalized spacial score (nSPS) is 11.8. The van der Waals surface area contributed by atoms with Gasteiger partial charge >= 0.3 is 0 Å². The van der Waals surface area contributed by atoms with Crippen molar-refractivity contribution in [2.45, 2.75) is 40.2 Å². The van der Waals surface area contributed by atoms with E-state index < -0.39 is 0 Å². The first kappa shape index (κ1) is 12.7. The minimum absolute atomic E-state index is 0.134. The summed E-state index contributed by atoms with van der Waals surface area (Å²) in [6.45, 7) is 10.2. The van der Waals surface area contributed by atoms with E-state index in [0.717, 1.165) is 11.3 Å². The average Bonchev–Trinajstić information content (AvgIpc) is 2.57. The third-order valence-electron chi connectivity index (χ3n) is 3.05. The molecule has 3 heteroatoms. The molecule has 0 bridgehead atoms. The summed E-state index contributed by atoms with van der Waals surface area (Å²) in [4.78, 5) is 0. The van der Waals surface area contributed by atoms with Gasteiger partial charge in [0.05, 0.1) is 11.2 Å². The first-order valence-electron chi connectivity index (χ1n) is 6.17. The van der Waals surface area contributed by atoms with Gasteiger partial charge in [0, 0.05) is 5.56 Å². The molecule has 96 valence electrons. The van der Waals surface area contributed by atoms with Crippen molar-refractivity contribution in [1.29, 1.82) is 0 Å². The van der Waals surface area contributed by atoms with Crippen LogP contribution in [0.25, 0.3) is 11.3 Å². The zero-order chi connectivity index (χ0) is 13.5. The van der Waals surface area contributed by atoms with E-state index in [0.29, 0.717) is 5.69 Å². The summed E-state index contributed by atoms with van der Waals surface area (Å²) in [5.74, 6) is 0.272. The summed E-state index contributed by atoms with van der Waals surface area (Å²) >= 11 is 0. The van der Waals surface area contributed by atoms with E-state index in [1.54, 1.807) is 0 Å². The van der Waals surface area contributed by atoms with E-state index in [1.807, 2.05) is 42.8 Å². The number of aromatic hydroxyl groups is 1. The lowest BCUT2D eigenvalue weighted by atomic mass is 10.1. The van der Waals surface area contributed by atoms with Crippen LogP contribution in [0.2, 0.25) is 0 Å². The fraction of sp³-hybridized carbons (Fsp3) is 0.400. The van der Waals surface area contributed by atoms with E-state index in [4.69, 9.17) is 0 Å². The van der Waals surface area contributed by atoms with Gasteiger partial charge in [0.15, 0.2) is 5.75 Å². The highest BCUT2D eigenvalue weighted by Gasteiger charge is 2.22. The van der Waals surface area contributed by atoms with Crippen molar-refractivity contribution in [2.24, 2.45) is 0 Å². The molecule has 0 radical (unpaired) electrons. The van der Waals surface area contributed by atoms with E-state index in [2.05, 4.69) is 25.9 Å². The van der Waals surface area contributed by atoms with Crippen LogP contribution in [-0.2, 0) is 5.54 Å². The Balaban J connectivity index is 2.56. The van der Waals surface area contributed by atoms with E-state index >= 15 is 0 Å². The minimum Gasteiger partial charge on any atom is -0.504 e. The van der Waals surface area contributed by atoms with Crippen molar-refractivity contribution in [3.8, 4) is 17.0 Å². The van der Waals surface area contributed by atoms with Gasteiger partial charge in [-0.05, 0) is 34.6 Å². The highest BCUT2D eigenvalue weighted by atomic mass is 16.3. The van der Waals surface area contributed by atoms with Gasteiger partial charge in [-0.15, -0.1) is 0 Å². The predicted molar refractivity (Wildman–Crippen MR) is 73.8 cm³/mol. The molecule has 3 nitrogen and oxygen atoms in total. The molecular formula is C15H20N2O. The number of rotatable bonds is 1. The standard InChI is InChI=1S/C15H20N2O/c1-10-6-8-12(9-7-10)13-14(18)11(2)17(16-13)15(3,4)5/h6-9,18H,1-5H3. The number of aromatic nitrogens is 2. The maximum Gasteiger partial charge on any atom is 0.164 e. The van der Waals surface area contributed by atoms with Gasteiger partial charge in [-0.25, -0.2) is 0 Å². The van der Waals surface area contributed by atoms with Crippen LogP contribution in [0.15, 0.2) is 24.3 Å². The molecule has 0 saturated heterocycles. The second kappa shape index (κ2) is 4.16. The molecule has 0 atom stereocenters. The molecule has 1 aromatic heterocycles. The van der Waals surface area contributed by atoms with E-state index in [-0.39, 0.29) is 11.3 Å². The molecule has 2 aromatic rings. The fourth-order valence-corrected chi connectivity index (χ4v) is 2.05. The summed E-state index contributed by atoms with van der Waals surface area (Å²) in [6, 6.07) is 8.04. The van der Waals surface area contributed by atoms with Gasteiger partial charge in [0.25, 0.3) is 0 Å². The Bertz CT molecular complexity index is 559. The molecule has 0 aliphatic rings. The van der Waals surface area contributed by atoms with Crippen LogP contribution in [0.4, 0.5) is 0 Å². The summed E-state index contributed by atoms with van der Waals surface area (Å²) < 4.78 is 1.87. The predicted octanol–water partition coefficient (Wildman–Crippen LogP) is 3.63. The van der Waals surface area contributed by atoms with Crippen molar-refractivity contribution in [2.75, 3.05) is 0 Å². The van der Waals surface area contributed by atoms with Crippen LogP contribution in [0.5, 0.6) is 5.75 Å². The molecule has 0 spiro atoms. The SMILES string of the molecule is Cc1ccc(-c2nn(C(C)(C)C)c(C)c2O)cc1. The topological polar surface area (TPSA) is 38.0 Å². The van der Waals surface area contributed by atoms with Crippen molar-refractivity contribution in [3.63, 3.8) is 0 Å². The zero-order valence-electron chi connectivity index (χ0n) is 11.7. The van der Waals surface area contributed by atoms with Crippen LogP contribution in [0.1, 0.15) is 32.0 Å². The molecule has 0 fully saturated rings. The van der Waals surface area contributed by atoms with Crippen LogP contribution in [-0.4, -0.2) is 14.9 Å². The summed E-state index contributed by atoms with van der Waals surface area (Å²) in [6.07, 6.45) is 0. The highest BCUT2D eigenvalue weighted by Crippen LogP contribution is 2.33. The van der Waals surface area contributed by atoms with Gasteiger partial charge in [0.2, 0.25) is 0 Å². The molecule has 1 N–H and O–H groups in total. The number of aryl methyl sites for hydroxylation is 1. The maximum absolute atomic E-state index is 10.2. The molecule has 0 aliphatic carbocycles. The fourth-order valence-electron chi connectivity index (χ4n) is 2.05. The third kappa shape index (κ3) is 2.13. The quantitative estimate of drug-likeness (QED) is 0.832. The Kier molecular flexibility index (Phi) is 2.93. The molecule has 2 rings (SSSR count).